The minimum Gasteiger partial charge on any atom is -0.306 e. The summed E-state index contributed by atoms with van der Waals surface area (Å²) in [6.07, 6.45) is 20.0. The van der Waals surface area contributed by atoms with Gasteiger partial charge in [-0.1, -0.05) is 97.8 Å². The molecule has 1 nitrogen and oxygen atoms in total. The van der Waals surface area contributed by atoms with Gasteiger partial charge in [0.2, 0.25) is 0 Å². The summed E-state index contributed by atoms with van der Waals surface area (Å²) >= 11 is 0. The van der Waals surface area contributed by atoms with Crippen LogP contribution in [0.5, 0.6) is 0 Å². The van der Waals surface area contributed by atoms with E-state index < -0.39 is 0 Å². The predicted molar refractivity (Wildman–Crippen MR) is 103 cm³/mol. The molecular weight excluding hydrogens is 266 g/mol. The van der Waals surface area contributed by atoms with Crippen LogP contribution in [0, 0.1) is 5.92 Å². The lowest BCUT2D eigenvalue weighted by atomic mass is 10.0. The molecule has 0 aromatic carbocycles. The van der Waals surface area contributed by atoms with Gasteiger partial charge in [0.05, 0.1) is 0 Å². The molecule has 0 fully saturated rings. The van der Waals surface area contributed by atoms with Crippen LogP contribution in [0.4, 0.5) is 0 Å². The molecule has 0 amide bonds. The smallest absolute Gasteiger partial charge is 0.00218 e. The van der Waals surface area contributed by atoms with Gasteiger partial charge in [-0.2, -0.15) is 0 Å². The van der Waals surface area contributed by atoms with Gasteiger partial charge in [0.15, 0.2) is 0 Å². The fourth-order valence-electron chi connectivity index (χ4n) is 3.09. The van der Waals surface area contributed by atoms with Crippen LogP contribution < -0.4 is 0 Å². The van der Waals surface area contributed by atoms with Gasteiger partial charge in [0.1, 0.15) is 0 Å². The molecule has 1 heteroatoms. The van der Waals surface area contributed by atoms with Gasteiger partial charge in [-0.25, -0.2) is 0 Å². The third-order valence-corrected chi connectivity index (χ3v) is 4.71. The molecule has 0 unspecified atom stereocenters. The van der Waals surface area contributed by atoms with Crippen LogP contribution in [0.15, 0.2) is 0 Å². The van der Waals surface area contributed by atoms with E-state index >= 15 is 0 Å². The summed E-state index contributed by atoms with van der Waals surface area (Å²) in [5.41, 5.74) is 0. The first-order valence-electron chi connectivity index (χ1n) is 10.3. The summed E-state index contributed by atoms with van der Waals surface area (Å²) in [7, 11) is 2.30. The van der Waals surface area contributed by atoms with Gasteiger partial charge in [0.25, 0.3) is 0 Å². The van der Waals surface area contributed by atoms with E-state index in [2.05, 4.69) is 32.7 Å². The quantitative estimate of drug-likeness (QED) is 0.260. The molecule has 0 aliphatic heterocycles. The Labute approximate surface area is 142 Å². The average molecular weight is 312 g/mol. The SMILES string of the molecule is CCCCCCCCCCCN(C)CCCCCCC(C)C. The highest BCUT2D eigenvalue weighted by Gasteiger charge is 1.99. The molecule has 22 heavy (non-hydrogen) atoms. The van der Waals surface area contributed by atoms with Crippen molar-refractivity contribution in [3.63, 3.8) is 0 Å². The van der Waals surface area contributed by atoms with E-state index in [9.17, 15) is 0 Å². The number of hydrogen-bond acceptors (Lipinski definition) is 1. The molecule has 0 N–H and O–H groups in total. The van der Waals surface area contributed by atoms with Gasteiger partial charge in [-0.3, -0.25) is 0 Å². The number of unbranched alkanes of at least 4 members (excludes halogenated alkanes) is 11. The highest BCUT2D eigenvalue weighted by Crippen LogP contribution is 2.11. The minimum atomic E-state index is 0.884. The number of rotatable bonds is 17. The standard InChI is InChI=1S/C21H45N/c1-5-6-7-8-9-10-11-13-16-19-22(4)20-17-14-12-15-18-21(2)3/h21H,5-20H2,1-4H3. The van der Waals surface area contributed by atoms with Crippen molar-refractivity contribution in [2.75, 3.05) is 20.1 Å². The number of hydrogen-bond donors (Lipinski definition) is 0. The fourth-order valence-corrected chi connectivity index (χ4v) is 3.09. The van der Waals surface area contributed by atoms with Crippen LogP contribution in [0.2, 0.25) is 0 Å². The van der Waals surface area contributed by atoms with Crippen molar-refractivity contribution in [1.82, 2.24) is 4.90 Å². The normalized spacial score (nSPS) is 11.7. The Hall–Kier alpha value is -0.0400. The first kappa shape index (κ1) is 22.0. The maximum Gasteiger partial charge on any atom is -0.00218 e. The van der Waals surface area contributed by atoms with E-state index in [0.717, 1.165) is 5.92 Å². The fraction of sp³-hybridized carbons (Fsp3) is 1.00. The first-order chi connectivity index (χ1) is 10.7. The second-order valence-corrected chi connectivity index (χ2v) is 7.73. The van der Waals surface area contributed by atoms with Gasteiger partial charge in [-0.05, 0) is 38.9 Å². The number of nitrogens with zero attached hydrogens (tertiary/aromatic N) is 1. The van der Waals surface area contributed by atoms with Crippen LogP contribution in [0.1, 0.15) is 111 Å². The molecule has 0 radical (unpaired) electrons. The molecule has 0 aliphatic carbocycles. The Balaban J connectivity index is 3.14. The largest absolute Gasteiger partial charge is 0.306 e. The van der Waals surface area contributed by atoms with Crippen LogP contribution >= 0.6 is 0 Å². The van der Waals surface area contributed by atoms with Gasteiger partial charge < -0.3 is 4.90 Å². The molecular formula is C21H45N. The van der Waals surface area contributed by atoms with Crippen LogP contribution in [0.3, 0.4) is 0 Å². The summed E-state index contributed by atoms with van der Waals surface area (Å²) in [5.74, 6) is 0.884. The average Bonchev–Trinajstić information content (AvgIpc) is 2.48. The highest BCUT2D eigenvalue weighted by molar-refractivity contribution is 4.55. The molecule has 0 rings (SSSR count). The van der Waals surface area contributed by atoms with E-state index in [1.807, 2.05) is 0 Å². The Morgan fingerprint density at radius 3 is 1.45 bits per heavy atom. The maximum atomic E-state index is 2.55. The molecule has 0 aromatic heterocycles. The zero-order valence-electron chi connectivity index (χ0n) is 16.3. The third-order valence-electron chi connectivity index (χ3n) is 4.71. The van der Waals surface area contributed by atoms with Crippen molar-refractivity contribution in [2.45, 2.75) is 111 Å². The summed E-state index contributed by atoms with van der Waals surface area (Å²) in [6.45, 7) is 9.57. The van der Waals surface area contributed by atoms with Crippen LogP contribution in [-0.4, -0.2) is 25.0 Å². The Morgan fingerprint density at radius 1 is 0.591 bits per heavy atom. The van der Waals surface area contributed by atoms with E-state index in [1.165, 1.54) is 103 Å². The minimum absolute atomic E-state index is 0.884. The van der Waals surface area contributed by atoms with Crippen molar-refractivity contribution in [3.8, 4) is 0 Å². The van der Waals surface area contributed by atoms with E-state index in [-0.39, 0.29) is 0 Å². The Morgan fingerprint density at radius 2 is 1.00 bits per heavy atom. The summed E-state index contributed by atoms with van der Waals surface area (Å²) < 4.78 is 0. The zero-order chi connectivity index (χ0) is 16.5. The van der Waals surface area contributed by atoms with E-state index in [1.54, 1.807) is 0 Å². The van der Waals surface area contributed by atoms with Crippen molar-refractivity contribution in [1.29, 1.82) is 0 Å². The summed E-state index contributed by atoms with van der Waals surface area (Å²) in [6, 6.07) is 0. The summed E-state index contributed by atoms with van der Waals surface area (Å²) in [4.78, 5) is 2.55. The molecule has 0 bridgehead atoms. The van der Waals surface area contributed by atoms with Crippen molar-refractivity contribution in [2.24, 2.45) is 5.92 Å². The summed E-state index contributed by atoms with van der Waals surface area (Å²) in [5, 5.41) is 0. The monoisotopic (exact) mass is 311 g/mol. The van der Waals surface area contributed by atoms with Gasteiger partial charge in [-0.15, -0.1) is 0 Å². The lowest BCUT2D eigenvalue weighted by Crippen LogP contribution is -2.20. The second kappa shape index (κ2) is 17.3. The van der Waals surface area contributed by atoms with Crippen molar-refractivity contribution < 1.29 is 0 Å². The third kappa shape index (κ3) is 18.0. The lowest BCUT2D eigenvalue weighted by Gasteiger charge is -2.16. The lowest BCUT2D eigenvalue weighted by molar-refractivity contribution is 0.313. The predicted octanol–water partition coefficient (Wildman–Crippen LogP) is 7.06. The maximum absolute atomic E-state index is 2.55. The Kier molecular flexibility index (Phi) is 17.3. The topological polar surface area (TPSA) is 3.24 Å². The molecule has 0 saturated heterocycles. The van der Waals surface area contributed by atoms with E-state index in [0.29, 0.717) is 0 Å². The highest BCUT2D eigenvalue weighted by atomic mass is 15.1. The van der Waals surface area contributed by atoms with Crippen LogP contribution in [0.25, 0.3) is 0 Å². The Bertz CT molecular complexity index is 200. The van der Waals surface area contributed by atoms with Gasteiger partial charge in [0, 0.05) is 0 Å². The molecule has 0 spiro atoms. The van der Waals surface area contributed by atoms with Crippen molar-refractivity contribution in [3.05, 3.63) is 0 Å². The zero-order valence-corrected chi connectivity index (χ0v) is 16.3. The first-order valence-corrected chi connectivity index (χ1v) is 10.3. The van der Waals surface area contributed by atoms with Gasteiger partial charge >= 0.3 is 0 Å². The molecule has 0 aliphatic rings. The van der Waals surface area contributed by atoms with Crippen molar-refractivity contribution >= 4 is 0 Å². The molecule has 0 atom stereocenters. The molecule has 0 aromatic rings. The van der Waals surface area contributed by atoms with E-state index in [4.69, 9.17) is 0 Å². The molecule has 0 saturated carbocycles. The van der Waals surface area contributed by atoms with Crippen LogP contribution in [-0.2, 0) is 0 Å². The second-order valence-electron chi connectivity index (χ2n) is 7.73. The molecule has 0 heterocycles. The molecule has 134 valence electrons.